The molecule has 1 heterocycles. The maximum Gasteiger partial charge on any atom is 0.408 e. The van der Waals surface area contributed by atoms with Crippen molar-refractivity contribution in [2.45, 2.75) is 25.6 Å². The molecule has 0 saturated carbocycles. The first-order valence-corrected chi connectivity index (χ1v) is 5.97. The zero-order valence-electron chi connectivity index (χ0n) is 10.8. The van der Waals surface area contributed by atoms with Crippen molar-refractivity contribution in [2.24, 2.45) is 0 Å². The molecule has 0 radical (unpaired) electrons. The molecule has 1 aromatic carbocycles. The Morgan fingerprint density at radius 3 is 2.53 bits per heavy atom. The summed E-state index contributed by atoms with van der Waals surface area (Å²) in [6, 6.07) is 8.23. The second-order valence-corrected chi connectivity index (χ2v) is 4.43. The van der Waals surface area contributed by atoms with Gasteiger partial charge in [-0.1, -0.05) is 30.3 Å². The van der Waals surface area contributed by atoms with Crippen LogP contribution in [0.2, 0.25) is 0 Å². The lowest BCUT2D eigenvalue weighted by Gasteiger charge is -2.46. The first-order chi connectivity index (χ1) is 9.06. The summed E-state index contributed by atoms with van der Waals surface area (Å²) in [5.74, 6) is -0.326. The summed E-state index contributed by atoms with van der Waals surface area (Å²) >= 11 is 0. The first kappa shape index (κ1) is 13.4. The van der Waals surface area contributed by atoms with E-state index in [1.54, 1.807) is 6.92 Å². The van der Waals surface area contributed by atoms with E-state index in [1.165, 1.54) is 12.2 Å². The minimum atomic E-state index is -1.11. The third-order valence-electron chi connectivity index (χ3n) is 3.27. The summed E-state index contributed by atoms with van der Waals surface area (Å²) in [6.07, 6.45) is -1.11. The molecular weight excluding hydrogens is 248 g/mol. The number of carbonyl (C=O) groups excluding carboxylic acids is 1. The molecule has 0 aromatic heterocycles. The molecule has 1 aromatic rings. The lowest BCUT2D eigenvalue weighted by atomic mass is 9.98. The molecule has 0 bridgehead atoms. The minimum Gasteiger partial charge on any atom is -0.465 e. The molecule has 1 N–H and O–H groups in total. The van der Waals surface area contributed by atoms with Crippen LogP contribution in [0.15, 0.2) is 30.3 Å². The van der Waals surface area contributed by atoms with Crippen LogP contribution in [-0.2, 0) is 16.2 Å². The summed E-state index contributed by atoms with van der Waals surface area (Å²) in [5, 5.41) is 10.5. The Kier molecular flexibility index (Phi) is 3.71. The Bertz CT molecular complexity index is 477. The molecule has 19 heavy (non-hydrogen) atoms. The number of benzene rings is 1. The molecule has 2 amide bonds. The van der Waals surface area contributed by atoms with Crippen LogP contribution in [0.3, 0.4) is 0 Å². The number of amides is 2. The second kappa shape index (κ2) is 5.27. The van der Waals surface area contributed by atoms with Crippen molar-refractivity contribution < 1.29 is 19.5 Å². The number of nitrogens with zero attached hydrogens (tertiary/aromatic N) is 2. The monoisotopic (exact) mass is 264 g/mol. The van der Waals surface area contributed by atoms with Gasteiger partial charge in [0.1, 0.15) is 6.04 Å². The van der Waals surface area contributed by atoms with Crippen molar-refractivity contribution in [1.82, 2.24) is 9.96 Å². The molecule has 2 atom stereocenters. The Hall–Kier alpha value is -2.08. The number of β-lactam (4-membered cyclic amide) rings is 1. The van der Waals surface area contributed by atoms with Gasteiger partial charge in [-0.05, 0) is 12.5 Å². The number of hydrogen-bond acceptors (Lipinski definition) is 3. The predicted molar refractivity (Wildman–Crippen MR) is 67.1 cm³/mol. The molecule has 1 aliphatic heterocycles. The number of carboxylic acid groups (broad SMARTS) is 1. The SMILES string of the molecule is CON1C(=O)[C@H](N(Cc2ccccc2)C(=O)O)[C@H]1C. The van der Waals surface area contributed by atoms with Crippen LogP contribution in [0, 0.1) is 0 Å². The third kappa shape index (κ3) is 2.39. The van der Waals surface area contributed by atoms with E-state index >= 15 is 0 Å². The lowest BCUT2D eigenvalue weighted by molar-refractivity contribution is -0.229. The van der Waals surface area contributed by atoms with E-state index in [0.29, 0.717) is 0 Å². The quantitative estimate of drug-likeness (QED) is 0.833. The van der Waals surface area contributed by atoms with E-state index in [4.69, 9.17) is 4.84 Å². The first-order valence-electron chi connectivity index (χ1n) is 5.97. The average Bonchev–Trinajstić information content (AvgIpc) is 2.39. The van der Waals surface area contributed by atoms with Gasteiger partial charge in [0.2, 0.25) is 0 Å². The van der Waals surface area contributed by atoms with E-state index < -0.39 is 12.1 Å². The normalized spacial score (nSPS) is 22.0. The Morgan fingerprint density at radius 1 is 1.42 bits per heavy atom. The van der Waals surface area contributed by atoms with Gasteiger partial charge in [0.15, 0.2) is 0 Å². The fourth-order valence-corrected chi connectivity index (χ4v) is 2.30. The van der Waals surface area contributed by atoms with Crippen LogP contribution in [0.5, 0.6) is 0 Å². The third-order valence-corrected chi connectivity index (χ3v) is 3.27. The maximum absolute atomic E-state index is 11.8. The van der Waals surface area contributed by atoms with Gasteiger partial charge in [-0.25, -0.2) is 9.86 Å². The van der Waals surface area contributed by atoms with E-state index in [1.807, 2.05) is 30.3 Å². The van der Waals surface area contributed by atoms with E-state index in [2.05, 4.69) is 0 Å². The van der Waals surface area contributed by atoms with Gasteiger partial charge in [-0.3, -0.25) is 14.5 Å². The average molecular weight is 264 g/mol. The Labute approximate surface area is 111 Å². The fraction of sp³-hybridized carbons (Fsp3) is 0.385. The van der Waals surface area contributed by atoms with Crippen LogP contribution >= 0.6 is 0 Å². The predicted octanol–water partition coefficient (Wildman–Crippen LogP) is 1.33. The van der Waals surface area contributed by atoms with E-state index in [9.17, 15) is 14.7 Å². The van der Waals surface area contributed by atoms with Gasteiger partial charge in [0.05, 0.1) is 13.2 Å². The Balaban J connectivity index is 2.14. The molecule has 6 nitrogen and oxygen atoms in total. The van der Waals surface area contributed by atoms with Crippen molar-refractivity contribution in [2.75, 3.05) is 7.11 Å². The zero-order valence-corrected chi connectivity index (χ0v) is 10.8. The lowest BCUT2D eigenvalue weighted by Crippen LogP contribution is -2.69. The van der Waals surface area contributed by atoms with Crippen LogP contribution < -0.4 is 0 Å². The molecule has 6 heteroatoms. The molecule has 1 saturated heterocycles. The van der Waals surface area contributed by atoms with Gasteiger partial charge >= 0.3 is 6.09 Å². The number of hydroxylamine groups is 2. The fourth-order valence-electron chi connectivity index (χ4n) is 2.30. The van der Waals surface area contributed by atoms with Gasteiger partial charge in [0, 0.05) is 6.54 Å². The highest BCUT2D eigenvalue weighted by molar-refractivity contribution is 5.91. The highest BCUT2D eigenvalue weighted by Gasteiger charge is 2.50. The molecule has 2 rings (SSSR count). The Morgan fingerprint density at radius 2 is 2.05 bits per heavy atom. The molecule has 0 spiro atoms. The van der Waals surface area contributed by atoms with Crippen LogP contribution in [0.1, 0.15) is 12.5 Å². The summed E-state index contributed by atoms with van der Waals surface area (Å²) in [6.45, 7) is 1.95. The van der Waals surface area contributed by atoms with Gasteiger partial charge in [0.25, 0.3) is 5.91 Å². The number of carbonyl (C=O) groups is 2. The molecular formula is C13H16N2O4. The van der Waals surface area contributed by atoms with Gasteiger partial charge in [-0.2, -0.15) is 0 Å². The maximum atomic E-state index is 11.8. The smallest absolute Gasteiger partial charge is 0.408 e. The van der Waals surface area contributed by atoms with Crippen molar-refractivity contribution in [1.29, 1.82) is 0 Å². The molecule has 0 aliphatic carbocycles. The van der Waals surface area contributed by atoms with Crippen LogP contribution in [-0.4, -0.2) is 46.3 Å². The number of rotatable bonds is 4. The standard InChI is InChI=1S/C13H16N2O4/c1-9-11(12(16)15(9)19-2)14(13(17)18)8-10-6-4-3-5-7-10/h3-7,9,11H,8H2,1-2H3,(H,17,18)/t9-,11-/m1/s1. The molecule has 0 unspecified atom stereocenters. The summed E-state index contributed by atoms with van der Waals surface area (Å²) in [7, 11) is 1.40. The summed E-state index contributed by atoms with van der Waals surface area (Å²) < 4.78 is 0. The van der Waals surface area contributed by atoms with Gasteiger partial charge in [-0.15, -0.1) is 0 Å². The minimum absolute atomic E-state index is 0.189. The highest BCUT2D eigenvalue weighted by atomic mass is 16.7. The van der Waals surface area contributed by atoms with Crippen molar-refractivity contribution in [3.63, 3.8) is 0 Å². The largest absolute Gasteiger partial charge is 0.465 e. The van der Waals surface area contributed by atoms with Crippen molar-refractivity contribution in [3.05, 3.63) is 35.9 Å². The topological polar surface area (TPSA) is 70.1 Å². The van der Waals surface area contributed by atoms with E-state index in [0.717, 1.165) is 10.5 Å². The van der Waals surface area contributed by atoms with Crippen molar-refractivity contribution in [3.8, 4) is 0 Å². The van der Waals surface area contributed by atoms with Gasteiger partial charge < -0.3 is 5.11 Å². The van der Waals surface area contributed by atoms with Crippen LogP contribution in [0.25, 0.3) is 0 Å². The second-order valence-electron chi connectivity index (χ2n) is 4.43. The molecule has 1 aliphatic rings. The number of hydrogen-bond donors (Lipinski definition) is 1. The van der Waals surface area contributed by atoms with E-state index in [-0.39, 0.29) is 18.5 Å². The summed E-state index contributed by atoms with van der Waals surface area (Å²) in [5.41, 5.74) is 0.848. The summed E-state index contributed by atoms with van der Waals surface area (Å²) in [4.78, 5) is 29.2. The molecule has 1 fully saturated rings. The zero-order chi connectivity index (χ0) is 14.0. The molecule has 102 valence electrons. The highest BCUT2D eigenvalue weighted by Crippen LogP contribution is 2.26. The van der Waals surface area contributed by atoms with Crippen molar-refractivity contribution >= 4 is 12.0 Å². The van der Waals surface area contributed by atoms with Crippen LogP contribution in [0.4, 0.5) is 4.79 Å².